The van der Waals surface area contributed by atoms with Gasteiger partial charge in [0, 0.05) is 18.4 Å². The van der Waals surface area contributed by atoms with Crippen LogP contribution in [-0.4, -0.2) is 7.05 Å². The molecule has 0 radical (unpaired) electrons. The van der Waals surface area contributed by atoms with E-state index in [1.165, 1.54) is 0 Å². The number of rotatable bonds is 4. The molecule has 0 atom stereocenters. The molecule has 0 saturated carbocycles. The molecule has 0 amide bonds. The minimum atomic E-state index is 0.741. The van der Waals surface area contributed by atoms with Gasteiger partial charge in [-0.05, 0) is 24.1 Å². The lowest BCUT2D eigenvalue weighted by Crippen LogP contribution is -2.07. The molecule has 0 spiro atoms. The summed E-state index contributed by atoms with van der Waals surface area (Å²) in [5.41, 5.74) is 9.64. The van der Waals surface area contributed by atoms with E-state index >= 15 is 0 Å². The first kappa shape index (κ1) is 12.1. The van der Waals surface area contributed by atoms with Crippen LogP contribution < -0.4 is 11.1 Å². The van der Waals surface area contributed by atoms with Gasteiger partial charge in [-0.15, -0.1) is 0 Å². The molecule has 0 aromatic heterocycles. The Morgan fingerprint density at radius 2 is 1.94 bits per heavy atom. The molecule has 0 aliphatic rings. The third kappa shape index (κ3) is 3.02. The van der Waals surface area contributed by atoms with E-state index in [9.17, 15) is 0 Å². The first-order valence-corrected chi connectivity index (χ1v) is 5.25. The average molecular weight is 214 g/mol. The van der Waals surface area contributed by atoms with Crippen molar-refractivity contribution in [2.24, 2.45) is 5.73 Å². The van der Waals surface area contributed by atoms with Crippen LogP contribution in [0.2, 0.25) is 0 Å². The summed E-state index contributed by atoms with van der Waals surface area (Å²) < 4.78 is 0. The lowest BCUT2D eigenvalue weighted by atomic mass is 10.1. The van der Waals surface area contributed by atoms with E-state index in [1.807, 2.05) is 56.5 Å². The van der Waals surface area contributed by atoms with Gasteiger partial charge in [0.2, 0.25) is 0 Å². The maximum atomic E-state index is 6.02. The zero-order valence-corrected chi connectivity index (χ0v) is 9.83. The SMILES string of the molecule is C=C(NC)C(=C\C)/C=C(\N)c1ccccc1. The summed E-state index contributed by atoms with van der Waals surface area (Å²) in [6, 6.07) is 9.89. The lowest BCUT2D eigenvalue weighted by molar-refractivity contribution is 1.02. The van der Waals surface area contributed by atoms with Crippen molar-refractivity contribution < 1.29 is 0 Å². The van der Waals surface area contributed by atoms with Crippen molar-refractivity contribution in [2.45, 2.75) is 6.92 Å². The van der Waals surface area contributed by atoms with Crippen LogP contribution >= 0.6 is 0 Å². The zero-order valence-electron chi connectivity index (χ0n) is 9.83. The molecule has 0 aliphatic carbocycles. The van der Waals surface area contributed by atoms with Crippen molar-refractivity contribution in [3.63, 3.8) is 0 Å². The molecule has 0 fully saturated rings. The second-order valence-electron chi connectivity index (χ2n) is 3.44. The molecule has 2 heteroatoms. The molecule has 0 saturated heterocycles. The molecule has 3 N–H and O–H groups in total. The highest BCUT2D eigenvalue weighted by Gasteiger charge is 1.99. The van der Waals surface area contributed by atoms with E-state index in [2.05, 4.69) is 11.9 Å². The largest absolute Gasteiger partial charge is 0.398 e. The summed E-state index contributed by atoms with van der Waals surface area (Å²) in [7, 11) is 1.85. The first-order chi connectivity index (χ1) is 7.69. The number of nitrogens with two attached hydrogens (primary N) is 1. The summed E-state index contributed by atoms with van der Waals surface area (Å²) in [5, 5.41) is 3.01. The Labute approximate surface area is 97.2 Å². The summed E-state index contributed by atoms with van der Waals surface area (Å²) in [4.78, 5) is 0. The fourth-order valence-corrected chi connectivity index (χ4v) is 1.37. The van der Waals surface area contributed by atoms with E-state index in [0.29, 0.717) is 0 Å². The Morgan fingerprint density at radius 3 is 2.44 bits per heavy atom. The fourth-order valence-electron chi connectivity index (χ4n) is 1.37. The van der Waals surface area contributed by atoms with Crippen LogP contribution in [0.15, 0.2) is 60.3 Å². The molecule has 1 aromatic rings. The van der Waals surface area contributed by atoms with Gasteiger partial charge >= 0.3 is 0 Å². The normalized spacial score (nSPS) is 12.4. The number of benzene rings is 1. The molecule has 0 unspecified atom stereocenters. The van der Waals surface area contributed by atoms with Crippen LogP contribution in [0.4, 0.5) is 0 Å². The van der Waals surface area contributed by atoms with Crippen molar-refractivity contribution in [3.8, 4) is 0 Å². The predicted molar refractivity (Wildman–Crippen MR) is 70.6 cm³/mol. The van der Waals surface area contributed by atoms with Gasteiger partial charge in [-0.3, -0.25) is 0 Å². The van der Waals surface area contributed by atoms with E-state index in [0.717, 1.165) is 22.5 Å². The van der Waals surface area contributed by atoms with Crippen LogP contribution in [0.25, 0.3) is 5.70 Å². The Hall–Kier alpha value is -1.96. The lowest BCUT2D eigenvalue weighted by Gasteiger charge is -2.07. The molecular weight excluding hydrogens is 196 g/mol. The maximum absolute atomic E-state index is 6.02. The van der Waals surface area contributed by atoms with Gasteiger partial charge in [-0.25, -0.2) is 0 Å². The van der Waals surface area contributed by atoms with Crippen molar-refractivity contribution in [3.05, 3.63) is 65.9 Å². The monoisotopic (exact) mass is 214 g/mol. The van der Waals surface area contributed by atoms with Gasteiger partial charge < -0.3 is 11.1 Å². The minimum absolute atomic E-state index is 0.741. The van der Waals surface area contributed by atoms with Crippen LogP contribution in [-0.2, 0) is 0 Å². The number of allylic oxidation sites excluding steroid dienone is 2. The van der Waals surface area contributed by atoms with E-state index < -0.39 is 0 Å². The van der Waals surface area contributed by atoms with E-state index in [1.54, 1.807) is 0 Å². The second kappa shape index (κ2) is 5.81. The Morgan fingerprint density at radius 1 is 1.31 bits per heavy atom. The third-order valence-corrected chi connectivity index (χ3v) is 2.38. The van der Waals surface area contributed by atoms with Crippen LogP contribution in [0, 0.1) is 0 Å². The van der Waals surface area contributed by atoms with E-state index in [4.69, 9.17) is 5.73 Å². The quantitative estimate of drug-likeness (QED) is 0.756. The molecule has 0 aliphatic heterocycles. The molecule has 0 bridgehead atoms. The minimum Gasteiger partial charge on any atom is -0.398 e. The summed E-state index contributed by atoms with van der Waals surface area (Å²) in [6.07, 6.45) is 3.91. The topological polar surface area (TPSA) is 38.0 Å². The summed E-state index contributed by atoms with van der Waals surface area (Å²) >= 11 is 0. The number of nitrogens with one attached hydrogen (secondary N) is 1. The van der Waals surface area contributed by atoms with E-state index in [-0.39, 0.29) is 0 Å². The molecule has 16 heavy (non-hydrogen) atoms. The summed E-state index contributed by atoms with van der Waals surface area (Å²) in [6.45, 7) is 5.88. The Bertz CT molecular complexity index is 414. The van der Waals surface area contributed by atoms with Gasteiger partial charge in [0.15, 0.2) is 0 Å². The highest BCUT2D eigenvalue weighted by atomic mass is 14.8. The molecule has 84 valence electrons. The predicted octanol–water partition coefficient (Wildman–Crippen LogP) is 2.67. The van der Waals surface area contributed by atoms with Gasteiger partial charge in [-0.2, -0.15) is 0 Å². The highest BCUT2D eigenvalue weighted by Crippen LogP contribution is 2.14. The zero-order chi connectivity index (χ0) is 12.0. The van der Waals surface area contributed by atoms with Gasteiger partial charge in [0.1, 0.15) is 0 Å². The van der Waals surface area contributed by atoms with Crippen LogP contribution in [0.3, 0.4) is 0 Å². The van der Waals surface area contributed by atoms with Gasteiger partial charge in [0.05, 0.1) is 0 Å². The van der Waals surface area contributed by atoms with Gasteiger partial charge in [-0.1, -0.05) is 43.0 Å². The highest BCUT2D eigenvalue weighted by molar-refractivity contribution is 5.66. The smallest absolute Gasteiger partial charge is 0.0394 e. The summed E-state index contributed by atoms with van der Waals surface area (Å²) in [5.74, 6) is 0. The molecule has 1 rings (SSSR count). The number of hydrogen-bond acceptors (Lipinski definition) is 2. The molecular formula is C14H18N2. The molecule has 0 heterocycles. The Kier molecular flexibility index (Phi) is 4.40. The van der Waals surface area contributed by atoms with Crippen molar-refractivity contribution in [1.82, 2.24) is 5.32 Å². The fraction of sp³-hybridized carbons (Fsp3) is 0.143. The first-order valence-electron chi connectivity index (χ1n) is 5.25. The van der Waals surface area contributed by atoms with Crippen molar-refractivity contribution in [2.75, 3.05) is 7.05 Å². The van der Waals surface area contributed by atoms with Gasteiger partial charge in [0.25, 0.3) is 0 Å². The maximum Gasteiger partial charge on any atom is 0.0394 e. The average Bonchev–Trinajstić information content (AvgIpc) is 2.35. The van der Waals surface area contributed by atoms with Crippen molar-refractivity contribution >= 4 is 5.70 Å². The Balaban J connectivity index is 2.96. The van der Waals surface area contributed by atoms with Crippen molar-refractivity contribution in [1.29, 1.82) is 0 Å². The molecule has 1 aromatic carbocycles. The second-order valence-corrected chi connectivity index (χ2v) is 3.44. The molecule has 2 nitrogen and oxygen atoms in total. The van der Waals surface area contributed by atoms with Crippen LogP contribution in [0.5, 0.6) is 0 Å². The van der Waals surface area contributed by atoms with Crippen LogP contribution in [0.1, 0.15) is 12.5 Å². The third-order valence-electron chi connectivity index (χ3n) is 2.38. The number of likely N-dealkylation sites (N-methyl/N-ethyl adjacent to an activating group) is 1. The number of hydrogen-bond donors (Lipinski definition) is 2. The standard InChI is InChI=1S/C14H18N2/c1-4-12(11(2)16-3)10-14(15)13-8-6-5-7-9-13/h4-10,16H,2,15H2,1,3H3/b12-4-,14-10-.